The Kier molecular flexibility index (Phi) is 5.48. The number of nitriles is 1. The summed E-state index contributed by atoms with van der Waals surface area (Å²) in [6.07, 6.45) is 2.00. The molecule has 3 heteroatoms. The summed E-state index contributed by atoms with van der Waals surface area (Å²) >= 11 is 0. The zero-order valence-corrected chi connectivity index (χ0v) is 12.1. The quantitative estimate of drug-likeness (QED) is 0.874. The summed E-state index contributed by atoms with van der Waals surface area (Å²) < 4.78 is 13.2. The van der Waals surface area contributed by atoms with Gasteiger partial charge in [-0.25, -0.2) is 4.39 Å². The Morgan fingerprint density at radius 2 is 1.95 bits per heavy atom. The van der Waals surface area contributed by atoms with E-state index in [9.17, 15) is 4.39 Å². The van der Waals surface area contributed by atoms with Crippen LogP contribution in [0.15, 0.2) is 48.5 Å². The standard InChI is InChI=1S/C18H19FN2/c1-14(7-8-15-5-3-2-4-6-15)21-13-17-11-18(19)10-9-16(17)12-20/h2-6,9-11,14,21H,7-8,13H2,1H3. The van der Waals surface area contributed by atoms with Crippen molar-refractivity contribution in [3.05, 3.63) is 71.0 Å². The van der Waals surface area contributed by atoms with Gasteiger partial charge in [-0.15, -0.1) is 0 Å². The van der Waals surface area contributed by atoms with Gasteiger partial charge in [0.15, 0.2) is 0 Å². The van der Waals surface area contributed by atoms with E-state index >= 15 is 0 Å². The normalized spacial score (nSPS) is 11.9. The zero-order valence-electron chi connectivity index (χ0n) is 12.1. The molecule has 2 aromatic rings. The van der Waals surface area contributed by atoms with Crippen LogP contribution >= 0.6 is 0 Å². The molecule has 0 fully saturated rings. The predicted molar refractivity (Wildman–Crippen MR) is 82.2 cm³/mol. The SMILES string of the molecule is CC(CCc1ccccc1)NCc1cc(F)ccc1C#N. The van der Waals surface area contributed by atoms with E-state index in [1.807, 2.05) is 18.2 Å². The Morgan fingerprint density at radius 3 is 2.67 bits per heavy atom. The van der Waals surface area contributed by atoms with Gasteiger partial charge in [-0.1, -0.05) is 30.3 Å². The summed E-state index contributed by atoms with van der Waals surface area (Å²) in [5.74, 6) is -0.303. The van der Waals surface area contributed by atoms with Crippen LogP contribution in [-0.2, 0) is 13.0 Å². The van der Waals surface area contributed by atoms with E-state index < -0.39 is 0 Å². The molecule has 0 radical (unpaired) electrons. The first-order valence-corrected chi connectivity index (χ1v) is 7.15. The third-order valence-corrected chi connectivity index (χ3v) is 3.54. The fourth-order valence-corrected chi connectivity index (χ4v) is 2.23. The lowest BCUT2D eigenvalue weighted by Gasteiger charge is -2.14. The van der Waals surface area contributed by atoms with Gasteiger partial charge < -0.3 is 5.32 Å². The molecule has 0 aliphatic heterocycles. The first-order valence-electron chi connectivity index (χ1n) is 7.15. The Hall–Kier alpha value is -2.18. The van der Waals surface area contributed by atoms with Crippen molar-refractivity contribution in [1.29, 1.82) is 5.26 Å². The number of hydrogen-bond acceptors (Lipinski definition) is 2. The molecular formula is C18H19FN2. The van der Waals surface area contributed by atoms with E-state index in [4.69, 9.17) is 5.26 Å². The lowest BCUT2D eigenvalue weighted by atomic mass is 10.0. The molecule has 2 aromatic carbocycles. The topological polar surface area (TPSA) is 35.8 Å². The molecule has 108 valence electrons. The van der Waals surface area contributed by atoms with Crippen LogP contribution in [0.25, 0.3) is 0 Å². The van der Waals surface area contributed by atoms with Gasteiger partial charge in [-0.3, -0.25) is 0 Å². The van der Waals surface area contributed by atoms with Crippen LogP contribution in [0.4, 0.5) is 4.39 Å². The minimum atomic E-state index is -0.303. The van der Waals surface area contributed by atoms with Crippen LogP contribution in [0.1, 0.15) is 30.0 Å². The monoisotopic (exact) mass is 282 g/mol. The maximum atomic E-state index is 13.2. The summed E-state index contributed by atoms with van der Waals surface area (Å²) in [6.45, 7) is 2.62. The van der Waals surface area contributed by atoms with Crippen LogP contribution < -0.4 is 5.32 Å². The van der Waals surface area contributed by atoms with Crippen molar-refractivity contribution in [2.45, 2.75) is 32.4 Å². The predicted octanol–water partition coefficient (Wildman–Crippen LogP) is 3.81. The zero-order chi connectivity index (χ0) is 15.1. The molecule has 2 rings (SSSR count). The highest BCUT2D eigenvalue weighted by Gasteiger charge is 2.06. The number of hydrogen-bond donors (Lipinski definition) is 1. The van der Waals surface area contributed by atoms with Crippen LogP contribution in [-0.4, -0.2) is 6.04 Å². The molecule has 0 amide bonds. The van der Waals surface area contributed by atoms with Crippen LogP contribution in [0.2, 0.25) is 0 Å². The second-order valence-electron chi connectivity index (χ2n) is 5.22. The van der Waals surface area contributed by atoms with E-state index in [0.29, 0.717) is 23.7 Å². The number of halogens is 1. The molecule has 2 nitrogen and oxygen atoms in total. The van der Waals surface area contributed by atoms with Gasteiger partial charge in [0, 0.05) is 12.6 Å². The molecule has 0 aromatic heterocycles. The summed E-state index contributed by atoms with van der Waals surface area (Å²) in [7, 11) is 0. The minimum absolute atomic E-state index is 0.303. The first kappa shape index (κ1) is 15.2. The van der Waals surface area contributed by atoms with Gasteiger partial charge >= 0.3 is 0 Å². The highest BCUT2D eigenvalue weighted by atomic mass is 19.1. The highest BCUT2D eigenvalue weighted by molar-refractivity contribution is 5.37. The fourth-order valence-electron chi connectivity index (χ4n) is 2.23. The molecule has 1 N–H and O–H groups in total. The Labute approximate surface area is 125 Å². The maximum absolute atomic E-state index is 13.2. The summed E-state index contributed by atoms with van der Waals surface area (Å²) in [5, 5.41) is 12.4. The van der Waals surface area contributed by atoms with E-state index in [0.717, 1.165) is 12.8 Å². The number of benzene rings is 2. The molecule has 0 saturated heterocycles. The Morgan fingerprint density at radius 1 is 1.19 bits per heavy atom. The first-order chi connectivity index (χ1) is 10.2. The Bertz CT molecular complexity index is 617. The summed E-state index contributed by atoms with van der Waals surface area (Å²) in [4.78, 5) is 0. The molecule has 21 heavy (non-hydrogen) atoms. The third-order valence-electron chi connectivity index (χ3n) is 3.54. The second kappa shape index (κ2) is 7.56. The van der Waals surface area contributed by atoms with Gasteiger partial charge in [-0.2, -0.15) is 5.26 Å². The van der Waals surface area contributed by atoms with E-state index in [-0.39, 0.29) is 5.82 Å². The van der Waals surface area contributed by atoms with Gasteiger partial charge in [0.1, 0.15) is 5.82 Å². The van der Waals surface area contributed by atoms with Gasteiger partial charge in [0.2, 0.25) is 0 Å². The molecular weight excluding hydrogens is 263 g/mol. The van der Waals surface area contributed by atoms with Crippen molar-refractivity contribution in [1.82, 2.24) is 5.32 Å². The molecule has 0 bridgehead atoms. The molecule has 0 aliphatic rings. The number of nitrogens with one attached hydrogen (secondary N) is 1. The van der Waals surface area contributed by atoms with E-state index in [1.165, 1.54) is 23.8 Å². The molecule has 0 saturated carbocycles. The van der Waals surface area contributed by atoms with Crippen LogP contribution in [0.5, 0.6) is 0 Å². The van der Waals surface area contributed by atoms with Crippen molar-refractivity contribution < 1.29 is 4.39 Å². The van der Waals surface area contributed by atoms with Crippen molar-refractivity contribution in [2.24, 2.45) is 0 Å². The van der Waals surface area contributed by atoms with Crippen LogP contribution in [0, 0.1) is 17.1 Å². The smallest absolute Gasteiger partial charge is 0.123 e. The number of aryl methyl sites for hydroxylation is 1. The fraction of sp³-hybridized carbons (Fsp3) is 0.278. The summed E-state index contributed by atoms with van der Waals surface area (Å²) in [5.41, 5.74) is 2.55. The van der Waals surface area contributed by atoms with Crippen molar-refractivity contribution in [3.63, 3.8) is 0 Å². The molecule has 0 heterocycles. The van der Waals surface area contributed by atoms with Gasteiger partial charge in [0.25, 0.3) is 0 Å². The van der Waals surface area contributed by atoms with Crippen molar-refractivity contribution in [2.75, 3.05) is 0 Å². The molecule has 1 unspecified atom stereocenters. The van der Waals surface area contributed by atoms with Crippen LogP contribution in [0.3, 0.4) is 0 Å². The van der Waals surface area contributed by atoms with E-state index in [1.54, 1.807) is 0 Å². The summed E-state index contributed by atoms with van der Waals surface area (Å²) in [6, 6.07) is 17.0. The third kappa shape index (κ3) is 4.70. The lowest BCUT2D eigenvalue weighted by Crippen LogP contribution is -2.26. The maximum Gasteiger partial charge on any atom is 0.123 e. The average molecular weight is 282 g/mol. The number of nitrogens with zero attached hydrogens (tertiary/aromatic N) is 1. The molecule has 0 aliphatic carbocycles. The van der Waals surface area contributed by atoms with Gasteiger partial charge in [-0.05, 0) is 49.1 Å². The minimum Gasteiger partial charge on any atom is -0.310 e. The molecule has 1 atom stereocenters. The van der Waals surface area contributed by atoms with Crippen molar-refractivity contribution >= 4 is 0 Å². The van der Waals surface area contributed by atoms with Gasteiger partial charge in [0.05, 0.1) is 11.6 Å². The van der Waals surface area contributed by atoms with Crippen molar-refractivity contribution in [3.8, 4) is 6.07 Å². The number of rotatable bonds is 6. The Balaban J connectivity index is 1.85. The largest absolute Gasteiger partial charge is 0.310 e. The highest BCUT2D eigenvalue weighted by Crippen LogP contribution is 2.11. The van der Waals surface area contributed by atoms with E-state index in [2.05, 4.69) is 30.4 Å². The molecule has 0 spiro atoms. The average Bonchev–Trinajstić information content (AvgIpc) is 2.52. The lowest BCUT2D eigenvalue weighted by molar-refractivity contribution is 0.512. The second-order valence-corrected chi connectivity index (χ2v) is 5.22.